The molecule has 2 aromatic rings. The number of aryl methyl sites for hydroxylation is 2. The minimum Gasteiger partial charge on any atom is -0.347 e. The SMILES string of the molecule is CCCNC(Cc1ccc2c(c1)CCC2)c1ncc[nH]1. The highest BCUT2D eigenvalue weighted by molar-refractivity contribution is 5.35. The predicted octanol–water partition coefficient (Wildman–Crippen LogP) is 3.18. The van der Waals surface area contributed by atoms with Crippen molar-refractivity contribution in [3.05, 3.63) is 53.1 Å². The van der Waals surface area contributed by atoms with Gasteiger partial charge in [0.25, 0.3) is 0 Å². The molecule has 1 aliphatic rings. The number of hydrogen-bond acceptors (Lipinski definition) is 2. The molecule has 106 valence electrons. The van der Waals surface area contributed by atoms with E-state index in [9.17, 15) is 0 Å². The number of fused-ring (bicyclic) bond motifs is 1. The molecule has 0 saturated heterocycles. The third-order valence-electron chi connectivity index (χ3n) is 4.09. The van der Waals surface area contributed by atoms with Gasteiger partial charge in [0, 0.05) is 12.4 Å². The normalized spacial score (nSPS) is 15.2. The van der Waals surface area contributed by atoms with E-state index in [1.54, 1.807) is 11.1 Å². The molecule has 3 nitrogen and oxygen atoms in total. The van der Waals surface area contributed by atoms with Gasteiger partial charge in [-0.15, -0.1) is 0 Å². The van der Waals surface area contributed by atoms with Gasteiger partial charge < -0.3 is 10.3 Å². The van der Waals surface area contributed by atoms with Gasteiger partial charge in [-0.25, -0.2) is 4.98 Å². The third kappa shape index (κ3) is 2.93. The van der Waals surface area contributed by atoms with Gasteiger partial charge in [0.2, 0.25) is 0 Å². The van der Waals surface area contributed by atoms with Crippen molar-refractivity contribution in [2.45, 2.75) is 45.1 Å². The average molecular weight is 269 g/mol. The summed E-state index contributed by atoms with van der Waals surface area (Å²) in [4.78, 5) is 7.67. The van der Waals surface area contributed by atoms with Crippen molar-refractivity contribution in [3.63, 3.8) is 0 Å². The lowest BCUT2D eigenvalue weighted by atomic mass is 10.0. The van der Waals surface area contributed by atoms with Crippen LogP contribution in [0.3, 0.4) is 0 Å². The Morgan fingerprint density at radius 1 is 1.30 bits per heavy atom. The van der Waals surface area contributed by atoms with Gasteiger partial charge >= 0.3 is 0 Å². The zero-order chi connectivity index (χ0) is 13.8. The van der Waals surface area contributed by atoms with Crippen LogP contribution in [0.15, 0.2) is 30.6 Å². The van der Waals surface area contributed by atoms with Crippen molar-refractivity contribution < 1.29 is 0 Å². The fourth-order valence-electron chi connectivity index (χ4n) is 3.04. The topological polar surface area (TPSA) is 40.7 Å². The second kappa shape index (κ2) is 6.23. The number of aromatic nitrogens is 2. The molecule has 3 rings (SSSR count). The molecular formula is C17H23N3. The summed E-state index contributed by atoms with van der Waals surface area (Å²) in [5.74, 6) is 1.04. The minimum atomic E-state index is 0.282. The van der Waals surface area contributed by atoms with E-state index in [-0.39, 0.29) is 6.04 Å². The zero-order valence-electron chi connectivity index (χ0n) is 12.2. The van der Waals surface area contributed by atoms with E-state index >= 15 is 0 Å². The number of H-pyrrole nitrogens is 1. The quantitative estimate of drug-likeness (QED) is 0.845. The molecular weight excluding hydrogens is 246 g/mol. The first kappa shape index (κ1) is 13.4. The van der Waals surface area contributed by atoms with E-state index in [0.717, 1.165) is 25.2 Å². The summed E-state index contributed by atoms with van der Waals surface area (Å²) >= 11 is 0. The van der Waals surface area contributed by atoms with E-state index in [2.05, 4.69) is 40.4 Å². The van der Waals surface area contributed by atoms with E-state index in [0.29, 0.717) is 0 Å². The van der Waals surface area contributed by atoms with Crippen molar-refractivity contribution in [3.8, 4) is 0 Å². The van der Waals surface area contributed by atoms with Crippen LogP contribution in [0.4, 0.5) is 0 Å². The second-order valence-corrected chi connectivity index (χ2v) is 5.64. The molecule has 0 aliphatic heterocycles. The maximum Gasteiger partial charge on any atom is 0.123 e. The highest BCUT2D eigenvalue weighted by atomic mass is 15.0. The fourth-order valence-corrected chi connectivity index (χ4v) is 3.04. The van der Waals surface area contributed by atoms with E-state index in [1.807, 2.05) is 12.4 Å². The van der Waals surface area contributed by atoms with Crippen LogP contribution in [0.1, 0.15) is 48.3 Å². The smallest absolute Gasteiger partial charge is 0.123 e. The van der Waals surface area contributed by atoms with Crippen molar-refractivity contribution >= 4 is 0 Å². The number of nitrogens with zero attached hydrogens (tertiary/aromatic N) is 1. The van der Waals surface area contributed by atoms with Crippen molar-refractivity contribution in [2.75, 3.05) is 6.54 Å². The maximum atomic E-state index is 4.42. The molecule has 1 aliphatic carbocycles. The van der Waals surface area contributed by atoms with E-state index in [4.69, 9.17) is 0 Å². The summed E-state index contributed by atoms with van der Waals surface area (Å²) in [6, 6.07) is 7.28. The first-order chi connectivity index (χ1) is 9.86. The first-order valence-electron chi connectivity index (χ1n) is 7.70. The van der Waals surface area contributed by atoms with Crippen LogP contribution in [0.25, 0.3) is 0 Å². The lowest BCUT2D eigenvalue weighted by molar-refractivity contribution is 0.508. The van der Waals surface area contributed by atoms with E-state index < -0.39 is 0 Å². The molecule has 0 saturated carbocycles. The molecule has 1 aromatic carbocycles. The number of hydrogen-bond donors (Lipinski definition) is 2. The lowest BCUT2D eigenvalue weighted by Gasteiger charge is -2.17. The third-order valence-corrected chi connectivity index (χ3v) is 4.09. The molecule has 0 spiro atoms. The number of aromatic amines is 1. The Bertz CT molecular complexity index is 545. The molecule has 0 fully saturated rings. The standard InChI is InChI=1S/C17H23N3/c1-2-8-18-16(17-19-9-10-20-17)12-13-6-7-14-4-3-5-15(14)11-13/h6-7,9-11,16,18H,2-5,8,12H2,1H3,(H,19,20). The van der Waals surface area contributed by atoms with Crippen molar-refractivity contribution in [1.82, 2.24) is 15.3 Å². The van der Waals surface area contributed by atoms with Crippen molar-refractivity contribution in [2.24, 2.45) is 0 Å². The zero-order valence-corrected chi connectivity index (χ0v) is 12.2. The Kier molecular flexibility index (Phi) is 4.16. The summed E-state index contributed by atoms with van der Waals surface area (Å²) in [7, 11) is 0. The average Bonchev–Trinajstić information content (AvgIpc) is 3.13. The summed E-state index contributed by atoms with van der Waals surface area (Å²) in [5.41, 5.74) is 4.51. The summed E-state index contributed by atoms with van der Waals surface area (Å²) in [5, 5.41) is 3.59. The lowest BCUT2D eigenvalue weighted by Crippen LogP contribution is -2.25. The van der Waals surface area contributed by atoms with Gasteiger partial charge in [0.05, 0.1) is 6.04 Å². The second-order valence-electron chi connectivity index (χ2n) is 5.64. The van der Waals surface area contributed by atoms with Gasteiger partial charge in [0.15, 0.2) is 0 Å². The number of imidazole rings is 1. The Labute approximate surface area is 120 Å². The molecule has 0 radical (unpaired) electrons. The summed E-state index contributed by atoms with van der Waals surface area (Å²) < 4.78 is 0. The molecule has 0 amide bonds. The van der Waals surface area contributed by atoms with Gasteiger partial charge in [-0.05, 0) is 55.3 Å². The van der Waals surface area contributed by atoms with Gasteiger partial charge in [-0.2, -0.15) is 0 Å². The summed E-state index contributed by atoms with van der Waals surface area (Å²) in [6.07, 6.45) is 9.69. The van der Waals surface area contributed by atoms with Crippen molar-refractivity contribution in [1.29, 1.82) is 0 Å². The first-order valence-corrected chi connectivity index (χ1v) is 7.70. The van der Waals surface area contributed by atoms with Crippen LogP contribution in [0.5, 0.6) is 0 Å². The maximum absolute atomic E-state index is 4.42. The van der Waals surface area contributed by atoms with E-state index in [1.165, 1.54) is 24.8 Å². The fraction of sp³-hybridized carbons (Fsp3) is 0.471. The minimum absolute atomic E-state index is 0.282. The largest absolute Gasteiger partial charge is 0.347 e. The van der Waals surface area contributed by atoms with Gasteiger partial charge in [0.1, 0.15) is 5.82 Å². The number of nitrogens with one attached hydrogen (secondary N) is 2. The Morgan fingerprint density at radius 3 is 3.00 bits per heavy atom. The van der Waals surface area contributed by atoms with Crippen LogP contribution in [0, 0.1) is 0 Å². The molecule has 1 unspecified atom stereocenters. The Morgan fingerprint density at radius 2 is 2.20 bits per heavy atom. The van der Waals surface area contributed by atoms with Gasteiger partial charge in [-0.3, -0.25) is 0 Å². The molecule has 0 bridgehead atoms. The van der Waals surface area contributed by atoms with Crippen LogP contribution in [0.2, 0.25) is 0 Å². The predicted molar refractivity (Wildman–Crippen MR) is 81.8 cm³/mol. The molecule has 1 aromatic heterocycles. The monoisotopic (exact) mass is 269 g/mol. The van der Waals surface area contributed by atoms with Gasteiger partial charge in [-0.1, -0.05) is 25.1 Å². The molecule has 1 atom stereocenters. The number of benzene rings is 1. The highest BCUT2D eigenvalue weighted by Crippen LogP contribution is 2.25. The Hall–Kier alpha value is -1.61. The molecule has 20 heavy (non-hydrogen) atoms. The molecule has 1 heterocycles. The Balaban J connectivity index is 1.75. The number of rotatable bonds is 6. The highest BCUT2D eigenvalue weighted by Gasteiger charge is 2.16. The summed E-state index contributed by atoms with van der Waals surface area (Å²) in [6.45, 7) is 3.22. The molecule has 3 heteroatoms. The van der Waals surface area contributed by atoms with Crippen LogP contribution >= 0.6 is 0 Å². The van der Waals surface area contributed by atoms with Crippen LogP contribution in [-0.2, 0) is 19.3 Å². The van der Waals surface area contributed by atoms with Crippen LogP contribution < -0.4 is 5.32 Å². The van der Waals surface area contributed by atoms with Crippen LogP contribution in [-0.4, -0.2) is 16.5 Å². The molecule has 2 N–H and O–H groups in total.